The molecule has 0 aliphatic rings. The molecule has 0 unspecified atom stereocenters. The van der Waals surface area contributed by atoms with Crippen LogP contribution in [0, 0.1) is 0 Å². The number of hydrogen-bond donors (Lipinski definition) is 0. The second kappa shape index (κ2) is 18.7. The summed E-state index contributed by atoms with van der Waals surface area (Å²) in [5.41, 5.74) is 0. The molecule has 0 atom stereocenters. The first kappa shape index (κ1) is 33.9. The zero-order valence-electron chi connectivity index (χ0n) is 2.27. The molecule has 16 valence electrons. The molecule has 0 aromatic heterocycles. The predicted molar refractivity (Wildman–Crippen MR) is 14.1 cm³/mol. The fourth-order valence-corrected chi connectivity index (χ4v) is 0. The predicted octanol–water partition coefficient (Wildman–Crippen LogP) is -1.06. The molecule has 4 heteroatoms. The van der Waals surface area contributed by atoms with Crippen molar-refractivity contribution in [2.45, 2.75) is 0 Å². The molecule has 0 bridgehead atoms. The maximum atomic E-state index is 0. The number of hydrogen-bond acceptors (Lipinski definition) is 1. The van der Waals surface area contributed by atoms with Gasteiger partial charge in [-0.3, -0.25) is 0 Å². The van der Waals surface area contributed by atoms with Crippen LogP contribution in [0.2, 0.25) is 0 Å². The summed E-state index contributed by atoms with van der Waals surface area (Å²) in [6.07, 6.45) is 0. The van der Waals surface area contributed by atoms with Crippen LogP contribution in [0.1, 0.15) is 0 Å². The van der Waals surface area contributed by atoms with Crippen molar-refractivity contribution in [3.05, 3.63) is 0 Å². The zero-order valence-corrected chi connectivity index (χ0v) is 8.12. The van der Waals surface area contributed by atoms with Crippen LogP contribution in [-0.2, 0) is 5.48 Å². The normalized spacial score (nSPS) is 0. The second-order valence-corrected chi connectivity index (χ2v) is 0. The van der Waals surface area contributed by atoms with Crippen LogP contribution in [0.5, 0.6) is 0 Å². The van der Waals surface area contributed by atoms with E-state index in [9.17, 15) is 0 Å². The minimum Gasteiger partial charge on any atom is -2.00 e. The standard InChI is InChI=1S/Ba.Mg.H2O.O/h;;1H2;/q2*+2;;-2/p-1. The summed E-state index contributed by atoms with van der Waals surface area (Å²) in [5, 5.41) is 0. The second-order valence-electron chi connectivity index (χ2n) is 0. The minimum atomic E-state index is 0. The zero-order chi connectivity index (χ0) is 0. The van der Waals surface area contributed by atoms with Crippen molar-refractivity contribution in [3.63, 3.8) is 0 Å². The Kier molecular flexibility index (Phi) is 159. The molecule has 1 N–H and O–H groups in total. The third-order valence-corrected chi connectivity index (χ3v) is 0. The summed E-state index contributed by atoms with van der Waals surface area (Å²) >= 11 is 0. The molecule has 0 spiro atoms. The van der Waals surface area contributed by atoms with Crippen molar-refractivity contribution >= 4 is 71.9 Å². The summed E-state index contributed by atoms with van der Waals surface area (Å²) in [6, 6.07) is 0. The van der Waals surface area contributed by atoms with Gasteiger partial charge in [-0.05, 0) is 0 Å². The van der Waals surface area contributed by atoms with Crippen molar-refractivity contribution in [2.75, 3.05) is 0 Å². The van der Waals surface area contributed by atoms with Crippen LogP contribution in [-0.4, -0.2) is 77.4 Å². The Morgan fingerprint density at radius 1 is 1.00 bits per heavy atom. The van der Waals surface area contributed by atoms with Gasteiger partial charge in [-0.2, -0.15) is 0 Å². The minimum absolute atomic E-state index is 0. The van der Waals surface area contributed by atoms with Crippen LogP contribution in [0.4, 0.5) is 0 Å². The van der Waals surface area contributed by atoms with Gasteiger partial charge in [0.25, 0.3) is 0 Å². The monoisotopic (exact) mass is 195 g/mol. The molecule has 0 amide bonds. The first-order valence-electron chi connectivity index (χ1n) is 0. The third kappa shape index (κ3) is 8.86. The molecule has 0 heterocycles. The van der Waals surface area contributed by atoms with Gasteiger partial charge < -0.3 is 11.0 Å². The molecule has 0 aliphatic carbocycles. The molecular formula is HBaMgO2+. The average molecular weight is 195 g/mol. The van der Waals surface area contributed by atoms with Gasteiger partial charge in [-0.1, -0.05) is 0 Å². The third-order valence-electron chi connectivity index (χ3n) is 0. The molecule has 0 fully saturated rings. The van der Waals surface area contributed by atoms with Crippen molar-refractivity contribution < 1.29 is 11.0 Å². The van der Waals surface area contributed by atoms with E-state index in [1.54, 1.807) is 0 Å². The van der Waals surface area contributed by atoms with E-state index in [-0.39, 0.29) is 82.9 Å². The van der Waals surface area contributed by atoms with Crippen molar-refractivity contribution in [1.29, 1.82) is 0 Å². The maximum absolute atomic E-state index is 0. The maximum Gasteiger partial charge on any atom is 2.00 e. The van der Waals surface area contributed by atoms with Gasteiger partial charge in [0.1, 0.15) is 0 Å². The van der Waals surface area contributed by atoms with Crippen LogP contribution >= 0.6 is 0 Å². The first-order chi connectivity index (χ1) is 0. The van der Waals surface area contributed by atoms with Crippen LogP contribution in [0.3, 0.4) is 0 Å². The molecule has 0 aromatic carbocycles. The van der Waals surface area contributed by atoms with Crippen LogP contribution in [0.25, 0.3) is 0 Å². The van der Waals surface area contributed by atoms with Gasteiger partial charge >= 0.3 is 71.9 Å². The van der Waals surface area contributed by atoms with E-state index in [0.717, 1.165) is 0 Å². The summed E-state index contributed by atoms with van der Waals surface area (Å²) in [4.78, 5) is 0. The van der Waals surface area contributed by atoms with Gasteiger partial charge in [-0.15, -0.1) is 0 Å². The van der Waals surface area contributed by atoms with E-state index in [0.29, 0.717) is 0 Å². The van der Waals surface area contributed by atoms with Crippen molar-refractivity contribution in [2.24, 2.45) is 0 Å². The van der Waals surface area contributed by atoms with E-state index in [1.165, 1.54) is 0 Å². The quantitative estimate of drug-likeness (QED) is 0.454. The molecule has 0 saturated heterocycles. The summed E-state index contributed by atoms with van der Waals surface area (Å²) < 4.78 is 0. The van der Waals surface area contributed by atoms with E-state index >= 15 is 0 Å². The van der Waals surface area contributed by atoms with Gasteiger partial charge in [0.2, 0.25) is 0 Å². The molecule has 0 saturated carbocycles. The molecule has 0 aromatic rings. The Bertz CT molecular complexity index is 6.00. The summed E-state index contributed by atoms with van der Waals surface area (Å²) in [7, 11) is 0. The fourth-order valence-electron chi connectivity index (χ4n) is 0. The van der Waals surface area contributed by atoms with Crippen LogP contribution in [0.15, 0.2) is 0 Å². The summed E-state index contributed by atoms with van der Waals surface area (Å²) in [5.74, 6) is 0. The van der Waals surface area contributed by atoms with Gasteiger partial charge in [0.05, 0.1) is 0 Å². The topological polar surface area (TPSA) is 58.5 Å². The van der Waals surface area contributed by atoms with Crippen LogP contribution < -0.4 is 0 Å². The van der Waals surface area contributed by atoms with E-state index in [1.807, 2.05) is 0 Å². The fraction of sp³-hybridized carbons (Fsp3) is 0. The van der Waals surface area contributed by atoms with Crippen molar-refractivity contribution in [3.8, 4) is 0 Å². The summed E-state index contributed by atoms with van der Waals surface area (Å²) in [6.45, 7) is 0. The Balaban J connectivity index is 0. The van der Waals surface area contributed by atoms with Gasteiger partial charge in [0.15, 0.2) is 0 Å². The smallest absolute Gasteiger partial charge is 2.00 e. The number of rotatable bonds is 0. The van der Waals surface area contributed by atoms with E-state index < -0.39 is 0 Å². The average Bonchev–Trinajstić information content (AvgIpc) is 0. The molecule has 2 nitrogen and oxygen atoms in total. The first-order valence-corrected chi connectivity index (χ1v) is 0. The molecule has 0 radical (unpaired) electrons. The van der Waals surface area contributed by atoms with Gasteiger partial charge in [-0.25, -0.2) is 0 Å². The largest absolute Gasteiger partial charge is 2.00 e. The Hall–Kier alpha value is 2.26. The molecule has 0 rings (SSSR count). The molecule has 0 aliphatic heterocycles. The molecular weight excluding hydrogens is 194 g/mol. The molecule has 4 heavy (non-hydrogen) atoms. The van der Waals surface area contributed by atoms with Crippen molar-refractivity contribution in [1.82, 2.24) is 0 Å². The Morgan fingerprint density at radius 3 is 1.00 bits per heavy atom. The Morgan fingerprint density at radius 2 is 1.00 bits per heavy atom. The van der Waals surface area contributed by atoms with E-state index in [2.05, 4.69) is 0 Å². The van der Waals surface area contributed by atoms with E-state index in [4.69, 9.17) is 0 Å². The SMILES string of the molecule is [Ba+2].[Mg+2].[O-2].[OH-]. The Labute approximate surface area is 81.2 Å². The van der Waals surface area contributed by atoms with Gasteiger partial charge in [0, 0.05) is 0 Å².